The maximum absolute atomic E-state index is 11.5. The number of hydrogen-bond donors (Lipinski definition) is 1. The molecule has 1 aliphatic heterocycles. The minimum atomic E-state index is -3.67. The molecule has 0 saturated carbocycles. The monoisotopic (exact) mass is 209 g/mol. The summed E-state index contributed by atoms with van der Waals surface area (Å²) < 4.78 is 24.8. The Balaban J connectivity index is 2.89. The standard InChI is InChI=1S/C9H7NO3S/c1-2-6-4-3-5-7-8(6)14(12,13)10-9(7)11/h2-5H,1H2,(H,10,11). The molecule has 5 heteroatoms. The third-order valence-corrected chi connectivity index (χ3v) is 3.45. The Morgan fingerprint density at radius 2 is 2.07 bits per heavy atom. The molecule has 72 valence electrons. The molecule has 0 fully saturated rings. The molecule has 14 heavy (non-hydrogen) atoms. The van der Waals surface area contributed by atoms with E-state index in [2.05, 4.69) is 6.58 Å². The summed E-state index contributed by atoms with van der Waals surface area (Å²) in [5.41, 5.74) is 0.628. The molecule has 0 atom stereocenters. The summed E-state index contributed by atoms with van der Waals surface area (Å²) in [4.78, 5) is 11.3. The highest BCUT2D eigenvalue weighted by Gasteiger charge is 2.33. The van der Waals surface area contributed by atoms with Crippen molar-refractivity contribution in [1.82, 2.24) is 4.72 Å². The molecule has 1 amide bonds. The number of nitrogens with one attached hydrogen (secondary N) is 1. The molecule has 0 spiro atoms. The molecule has 1 aromatic rings. The molecular formula is C9H7NO3S. The second-order valence-electron chi connectivity index (χ2n) is 2.86. The van der Waals surface area contributed by atoms with Gasteiger partial charge in [-0.15, -0.1) is 0 Å². The number of sulfonamides is 1. The molecule has 4 nitrogen and oxygen atoms in total. The molecule has 0 bridgehead atoms. The predicted octanol–water partition coefficient (Wildman–Crippen LogP) is 0.762. The van der Waals surface area contributed by atoms with Crippen LogP contribution in [-0.2, 0) is 10.0 Å². The van der Waals surface area contributed by atoms with Crippen LogP contribution in [0.3, 0.4) is 0 Å². The van der Waals surface area contributed by atoms with E-state index >= 15 is 0 Å². The summed E-state index contributed by atoms with van der Waals surface area (Å²) in [7, 11) is -3.67. The minimum absolute atomic E-state index is 0.0278. The quantitative estimate of drug-likeness (QED) is 0.742. The molecule has 0 aromatic heterocycles. The molecular weight excluding hydrogens is 202 g/mol. The summed E-state index contributed by atoms with van der Waals surface area (Å²) in [6, 6.07) is 4.70. The first-order valence-corrected chi connectivity index (χ1v) is 5.37. The van der Waals surface area contributed by atoms with E-state index in [4.69, 9.17) is 0 Å². The minimum Gasteiger partial charge on any atom is -0.268 e. The van der Waals surface area contributed by atoms with Crippen LogP contribution in [0.15, 0.2) is 29.7 Å². The van der Waals surface area contributed by atoms with E-state index in [0.717, 1.165) is 0 Å². The van der Waals surface area contributed by atoms with E-state index in [0.29, 0.717) is 5.56 Å². The fourth-order valence-corrected chi connectivity index (χ4v) is 2.79. The topological polar surface area (TPSA) is 63.2 Å². The van der Waals surface area contributed by atoms with Gasteiger partial charge in [0.25, 0.3) is 15.9 Å². The van der Waals surface area contributed by atoms with Crippen molar-refractivity contribution in [1.29, 1.82) is 0 Å². The van der Waals surface area contributed by atoms with Crippen LogP contribution in [0.5, 0.6) is 0 Å². The molecule has 0 saturated heterocycles. The number of carbonyl (C=O) groups excluding carboxylic acids is 1. The van der Waals surface area contributed by atoms with Crippen LogP contribution >= 0.6 is 0 Å². The van der Waals surface area contributed by atoms with Gasteiger partial charge in [0.2, 0.25) is 0 Å². The van der Waals surface area contributed by atoms with Crippen LogP contribution in [0.1, 0.15) is 15.9 Å². The van der Waals surface area contributed by atoms with Crippen molar-refractivity contribution in [2.75, 3.05) is 0 Å². The Bertz CT molecular complexity index is 531. The third-order valence-electron chi connectivity index (χ3n) is 2.01. The average molecular weight is 209 g/mol. The van der Waals surface area contributed by atoms with Crippen molar-refractivity contribution in [3.8, 4) is 0 Å². The smallest absolute Gasteiger partial charge is 0.266 e. The van der Waals surface area contributed by atoms with Gasteiger partial charge in [0.15, 0.2) is 0 Å². The van der Waals surface area contributed by atoms with Gasteiger partial charge in [0.1, 0.15) is 4.90 Å². The zero-order valence-electron chi connectivity index (χ0n) is 7.15. The lowest BCUT2D eigenvalue weighted by Crippen LogP contribution is -2.20. The molecule has 0 unspecified atom stereocenters. The van der Waals surface area contributed by atoms with E-state index in [1.165, 1.54) is 12.1 Å². The van der Waals surface area contributed by atoms with Crippen LogP contribution < -0.4 is 4.72 Å². The number of rotatable bonds is 1. The predicted molar refractivity (Wildman–Crippen MR) is 51.2 cm³/mol. The van der Waals surface area contributed by atoms with E-state index in [9.17, 15) is 13.2 Å². The van der Waals surface area contributed by atoms with E-state index in [1.54, 1.807) is 12.1 Å². The lowest BCUT2D eigenvalue weighted by Gasteiger charge is -1.99. The highest BCUT2D eigenvalue weighted by Crippen LogP contribution is 2.26. The maximum atomic E-state index is 11.5. The highest BCUT2D eigenvalue weighted by atomic mass is 32.2. The number of hydrogen-bond acceptors (Lipinski definition) is 3. The van der Waals surface area contributed by atoms with Crippen molar-refractivity contribution in [3.63, 3.8) is 0 Å². The van der Waals surface area contributed by atoms with Crippen molar-refractivity contribution in [3.05, 3.63) is 35.9 Å². The molecule has 2 rings (SSSR count). The number of amides is 1. The lowest BCUT2D eigenvalue weighted by atomic mass is 10.1. The first-order chi connectivity index (χ1) is 6.56. The van der Waals surface area contributed by atoms with Gasteiger partial charge < -0.3 is 0 Å². The molecule has 1 aliphatic rings. The zero-order valence-corrected chi connectivity index (χ0v) is 7.97. The van der Waals surface area contributed by atoms with Gasteiger partial charge >= 0.3 is 0 Å². The third kappa shape index (κ3) is 1.06. The zero-order chi connectivity index (χ0) is 10.3. The number of fused-ring (bicyclic) bond motifs is 1. The first kappa shape index (κ1) is 8.96. The summed E-state index contributed by atoms with van der Waals surface area (Å²) in [6.07, 6.45) is 1.41. The largest absolute Gasteiger partial charge is 0.268 e. The summed E-state index contributed by atoms with van der Waals surface area (Å²) >= 11 is 0. The lowest BCUT2D eigenvalue weighted by molar-refractivity contribution is 0.0985. The summed E-state index contributed by atoms with van der Waals surface area (Å²) in [6.45, 7) is 3.50. The van der Waals surface area contributed by atoms with Crippen molar-refractivity contribution >= 4 is 22.0 Å². The molecule has 0 radical (unpaired) electrons. The Hall–Kier alpha value is -1.62. The fraction of sp³-hybridized carbons (Fsp3) is 0. The normalized spacial score (nSPS) is 17.3. The first-order valence-electron chi connectivity index (χ1n) is 3.89. The van der Waals surface area contributed by atoms with Crippen molar-refractivity contribution in [2.45, 2.75) is 4.90 Å². The van der Waals surface area contributed by atoms with Gasteiger partial charge in [-0.05, 0) is 11.6 Å². The van der Waals surface area contributed by atoms with Gasteiger partial charge in [0, 0.05) is 0 Å². The Labute approximate surface area is 81.3 Å². The van der Waals surface area contributed by atoms with E-state index in [-0.39, 0.29) is 10.5 Å². The number of benzene rings is 1. The number of carbonyl (C=O) groups is 1. The SMILES string of the molecule is C=Cc1cccc2c1S(=O)(=O)NC2=O. The summed E-state index contributed by atoms with van der Waals surface area (Å²) in [5, 5.41) is 0. The molecule has 0 aliphatic carbocycles. The van der Waals surface area contributed by atoms with Gasteiger partial charge in [-0.25, -0.2) is 13.1 Å². The van der Waals surface area contributed by atoms with E-state index in [1.807, 2.05) is 4.72 Å². The van der Waals surface area contributed by atoms with Crippen LogP contribution in [0.25, 0.3) is 6.08 Å². The Morgan fingerprint density at radius 1 is 1.36 bits per heavy atom. The molecule has 1 N–H and O–H groups in total. The molecule has 1 heterocycles. The van der Waals surface area contributed by atoms with Crippen LogP contribution in [-0.4, -0.2) is 14.3 Å². The van der Waals surface area contributed by atoms with Crippen LogP contribution in [0.4, 0.5) is 0 Å². The maximum Gasteiger partial charge on any atom is 0.266 e. The van der Waals surface area contributed by atoms with Crippen molar-refractivity contribution in [2.24, 2.45) is 0 Å². The van der Waals surface area contributed by atoms with Gasteiger partial charge in [-0.3, -0.25) is 4.79 Å². The Kier molecular flexibility index (Phi) is 1.72. The second kappa shape index (κ2) is 2.68. The van der Waals surface area contributed by atoms with Crippen LogP contribution in [0.2, 0.25) is 0 Å². The van der Waals surface area contributed by atoms with Crippen LogP contribution in [0, 0.1) is 0 Å². The highest BCUT2D eigenvalue weighted by molar-refractivity contribution is 7.90. The summed E-state index contributed by atoms with van der Waals surface area (Å²) in [5.74, 6) is -0.580. The molecule has 1 aromatic carbocycles. The average Bonchev–Trinajstić information content (AvgIpc) is 2.38. The fourth-order valence-electron chi connectivity index (χ4n) is 1.42. The Morgan fingerprint density at radius 3 is 2.71 bits per heavy atom. The van der Waals surface area contributed by atoms with Crippen molar-refractivity contribution < 1.29 is 13.2 Å². The van der Waals surface area contributed by atoms with Gasteiger partial charge in [-0.1, -0.05) is 24.8 Å². The van der Waals surface area contributed by atoms with Gasteiger partial charge in [-0.2, -0.15) is 0 Å². The van der Waals surface area contributed by atoms with E-state index < -0.39 is 15.9 Å². The van der Waals surface area contributed by atoms with Gasteiger partial charge in [0.05, 0.1) is 5.56 Å². The second-order valence-corrected chi connectivity index (χ2v) is 4.48.